The molecule has 0 aliphatic rings. The second-order valence-corrected chi connectivity index (χ2v) is 6.55. The molecule has 0 aliphatic heterocycles. The third kappa shape index (κ3) is 3.75. The lowest BCUT2D eigenvalue weighted by molar-refractivity contribution is 0.917. The predicted octanol–water partition coefficient (Wildman–Crippen LogP) is 6.24. The Bertz CT molecular complexity index is 593. The van der Waals surface area contributed by atoms with Gasteiger partial charge in [-0.05, 0) is 70.6 Å². The number of rotatable bonds is 3. The van der Waals surface area contributed by atoms with Gasteiger partial charge in [0.2, 0.25) is 0 Å². The lowest BCUT2D eigenvalue weighted by atomic mass is 10.0. The first-order valence-corrected chi connectivity index (χ1v) is 7.73. The van der Waals surface area contributed by atoms with Crippen molar-refractivity contribution in [1.82, 2.24) is 0 Å². The standard InChI is InChI=1S/C16H15BrCl2/c1-10-3-4-12(7-11(10)2)8-15(18)13-5-6-14(17)16(19)9-13/h3-7,9,15H,8H2,1-2H3. The van der Waals surface area contributed by atoms with Crippen molar-refractivity contribution in [1.29, 1.82) is 0 Å². The number of hydrogen-bond acceptors (Lipinski definition) is 0. The summed E-state index contributed by atoms with van der Waals surface area (Å²) in [7, 11) is 0. The van der Waals surface area contributed by atoms with Crippen LogP contribution >= 0.6 is 39.1 Å². The van der Waals surface area contributed by atoms with Crippen LogP contribution in [0.2, 0.25) is 5.02 Å². The van der Waals surface area contributed by atoms with Crippen molar-refractivity contribution in [3.05, 3.63) is 68.1 Å². The Kier molecular flexibility index (Phi) is 4.94. The summed E-state index contributed by atoms with van der Waals surface area (Å²) in [6.07, 6.45) is 0.806. The van der Waals surface area contributed by atoms with Gasteiger partial charge in [-0.3, -0.25) is 0 Å². The molecule has 0 nitrogen and oxygen atoms in total. The number of aryl methyl sites for hydroxylation is 2. The third-order valence-corrected chi connectivity index (χ3v) is 4.93. The SMILES string of the molecule is Cc1ccc(CC(Cl)c2ccc(Br)c(Cl)c2)cc1C. The molecule has 100 valence electrons. The van der Waals surface area contributed by atoms with Crippen LogP contribution in [0.25, 0.3) is 0 Å². The Labute approximate surface area is 132 Å². The highest BCUT2D eigenvalue weighted by Gasteiger charge is 2.11. The zero-order valence-electron chi connectivity index (χ0n) is 10.9. The Hall–Kier alpha value is -0.500. The number of alkyl halides is 1. The van der Waals surface area contributed by atoms with E-state index in [1.807, 2.05) is 18.2 Å². The molecule has 1 atom stereocenters. The van der Waals surface area contributed by atoms with Crippen LogP contribution in [0.4, 0.5) is 0 Å². The fourth-order valence-corrected chi connectivity index (χ4v) is 2.71. The van der Waals surface area contributed by atoms with Gasteiger partial charge in [-0.1, -0.05) is 35.9 Å². The van der Waals surface area contributed by atoms with Gasteiger partial charge < -0.3 is 0 Å². The zero-order valence-corrected chi connectivity index (χ0v) is 14.0. The van der Waals surface area contributed by atoms with Gasteiger partial charge in [0.15, 0.2) is 0 Å². The molecular formula is C16H15BrCl2. The maximum Gasteiger partial charge on any atom is 0.0626 e. The third-order valence-electron chi connectivity index (χ3n) is 3.29. The van der Waals surface area contributed by atoms with E-state index in [0.717, 1.165) is 16.5 Å². The summed E-state index contributed by atoms with van der Waals surface area (Å²) in [5, 5.41) is 0.635. The minimum absolute atomic E-state index is 0.0623. The van der Waals surface area contributed by atoms with Crippen LogP contribution in [0.15, 0.2) is 40.9 Å². The molecule has 0 aromatic heterocycles. The molecule has 3 heteroatoms. The summed E-state index contributed by atoms with van der Waals surface area (Å²) in [5.41, 5.74) is 4.91. The zero-order chi connectivity index (χ0) is 14.0. The quantitative estimate of drug-likeness (QED) is 0.570. The molecule has 1 unspecified atom stereocenters. The molecule has 2 rings (SSSR count). The van der Waals surface area contributed by atoms with Crippen molar-refractivity contribution in [2.24, 2.45) is 0 Å². The first-order valence-electron chi connectivity index (χ1n) is 6.12. The van der Waals surface area contributed by atoms with E-state index in [0.29, 0.717) is 5.02 Å². The van der Waals surface area contributed by atoms with Crippen molar-refractivity contribution >= 4 is 39.1 Å². The summed E-state index contributed by atoms with van der Waals surface area (Å²) < 4.78 is 0.896. The predicted molar refractivity (Wildman–Crippen MR) is 87.4 cm³/mol. The molecule has 0 saturated carbocycles. The van der Waals surface area contributed by atoms with Gasteiger partial charge in [0.05, 0.1) is 10.4 Å². The fraction of sp³-hybridized carbons (Fsp3) is 0.250. The normalized spacial score (nSPS) is 12.5. The van der Waals surface area contributed by atoms with Crippen LogP contribution in [0, 0.1) is 13.8 Å². The van der Waals surface area contributed by atoms with Crippen LogP contribution in [0.5, 0.6) is 0 Å². The second kappa shape index (κ2) is 6.30. The molecule has 0 saturated heterocycles. The number of hydrogen-bond donors (Lipinski definition) is 0. The summed E-state index contributed by atoms with van der Waals surface area (Å²) in [6, 6.07) is 12.3. The Balaban J connectivity index is 2.17. The molecule has 0 aliphatic carbocycles. The van der Waals surface area contributed by atoms with Gasteiger partial charge >= 0.3 is 0 Å². The van der Waals surface area contributed by atoms with Gasteiger partial charge in [0.25, 0.3) is 0 Å². The van der Waals surface area contributed by atoms with Gasteiger partial charge in [0, 0.05) is 4.47 Å². The maximum absolute atomic E-state index is 6.48. The largest absolute Gasteiger partial charge is 0.117 e. The van der Waals surface area contributed by atoms with E-state index in [4.69, 9.17) is 23.2 Å². The molecule has 0 heterocycles. The Morgan fingerprint density at radius 3 is 2.42 bits per heavy atom. The average molecular weight is 358 g/mol. The molecule has 0 fully saturated rings. The van der Waals surface area contributed by atoms with E-state index in [-0.39, 0.29) is 5.38 Å². The molecule has 2 aromatic carbocycles. The van der Waals surface area contributed by atoms with E-state index in [1.54, 1.807) is 0 Å². The average Bonchev–Trinajstić information content (AvgIpc) is 2.37. The summed E-state index contributed by atoms with van der Waals surface area (Å²) >= 11 is 16.0. The lowest BCUT2D eigenvalue weighted by Crippen LogP contribution is -1.97. The molecule has 0 amide bonds. The highest BCUT2D eigenvalue weighted by atomic mass is 79.9. The van der Waals surface area contributed by atoms with E-state index in [2.05, 4.69) is 48.0 Å². The van der Waals surface area contributed by atoms with Crippen molar-refractivity contribution in [3.63, 3.8) is 0 Å². The van der Waals surface area contributed by atoms with E-state index in [9.17, 15) is 0 Å². The first-order chi connectivity index (χ1) is 8.97. The minimum atomic E-state index is -0.0623. The molecule has 19 heavy (non-hydrogen) atoms. The van der Waals surface area contributed by atoms with Crippen LogP contribution in [-0.2, 0) is 6.42 Å². The smallest absolute Gasteiger partial charge is 0.0626 e. The van der Waals surface area contributed by atoms with Crippen LogP contribution < -0.4 is 0 Å². The van der Waals surface area contributed by atoms with Gasteiger partial charge in [-0.15, -0.1) is 11.6 Å². The molecule has 0 radical (unpaired) electrons. The van der Waals surface area contributed by atoms with Crippen molar-refractivity contribution < 1.29 is 0 Å². The van der Waals surface area contributed by atoms with E-state index in [1.165, 1.54) is 16.7 Å². The van der Waals surface area contributed by atoms with Crippen molar-refractivity contribution in [2.45, 2.75) is 25.6 Å². The van der Waals surface area contributed by atoms with Crippen LogP contribution in [0.1, 0.15) is 27.6 Å². The van der Waals surface area contributed by atoms with Crippen LogP contribution in [0.3, 0.4) is 0 Å². The highest BCUT2D eigenvalue weighted by Crippen LogP contribution is 2.31. The molecule has 2 aromatic rings. The minimum Gasteiger partial charge on any atom is -0.117 e. The van der Waals surface area contributed by atoms with Crippen LogP contribution in [-0.4, -0.2) is 0 Å². The summed E-state index contributed by atoms with van der Waals surface area (Å²) in [5.74, 6) is 0. The monoisotopic (exact) mass is 356 g/mol. The molecule has 0 N–H and O–H groups in total. The molecular weight excluding hydrogens is 343 g/mol. The molecule has 0 spiro atoms. The van der Waals surface area contributed by atoms with Gasteiger partial charge in [0.1, 0.15) is 0 Å². The summed E-state index contributed by atoms with van der Waals surface area (Å²) in [4.78, 5) is 0. The summed E-state index contributed by atoms with van der Waals surface area (Å²) in [6.45, 7) is 4.24. The van der Waals surface area contributed by atoms with E-state index < -0.39 is 0 Å². The number of benzene rings is 2. The number of halogens is 3. The fourth-order valence-electron chi connectivity index (χ4n) is 1.96. The highest BCUT2D eigenvalue weighted by molar-refractivity contribution is 9.10. The topological polar surface area (TPSA) is 0 Å². The second-order valence-electron chi connectivity index (χ2n) is 4.76. The maximum atomic E-state index is 6.48. The Morgan fingerprint density at radius 1 is 1.05 bits per heavy atom. The lowest BCUT2D eigenvalue weighted by Gasteiger charge is -2.12. The molecule has 0 bridgehead atoms. The Morgan fingerprint density at radius 2 is 1.79 bits per heavy atom. The van der Waals surface area contributed by atoms with Gasteiger partial charge in [-0.2, -0.15) is 0 Å². The van der Waals surface area contributed by atoms with Crippen molar-refractivity contribution in [2.75, 3.05) is 0 Å². The van der Waals surface area contributed by atoms with Gasteiger partial charge in [-0.25, -0.2) is 0 Å². The van der Waals surface area contributed by atoms with E-state index >= 15 is 0 Å². The first kappa shape index (κ1) is 14.9. The van der Waals surface area contributed by atoms with Crippen molar-refractivity contribution in [3.8, 4) is 0 Å².